The van der Waals surface area contributed by atoms with Crippen molar-refractivity contribution < 1.29 is 9.18 Å². The van der Waals surface area contributed by atoms with Crippen LogP contribution in [0.4, 0.5) is 10.2 Å². The van der Waals surface area contributed by atoms with Gasteiger partial charge < -0.3 is 20.1 Å². The number of alkyl halides is 1. The van der Waals surface area contributed by atoms with Crippen LogP contribution in [0.2, 0.25) is 0 Å². The molecule has 0 bridgehead atoms. The molecule has 1 aliphatic heterocycles. The first-order chi connectivity index (χ1) is 16.0. The van der Waals surface area contributed by atoms with E-state index in [0.717, 1.165) is 35.4 Å². The summed E-state index contributed by atoms with van der Waals surface area (Å²) in [6.07, 6.45) is 5.54. The Morgan fingerprint density at radius 2 is 2.09 bits per heavy atom. The van der Waals surface area contributed by atoms with Crippen molar-refractivity contribution in [2.24, 2.45) is 0 Å². The van der Waals surface area contributed by atoms with E-state index in [9.17, 15) is 9.18 Å². The second-order valence-corrected chi connectivity index (χ2v) is 8.94. The molecule has 6 rings (SSSR count). The second kappa shape index (κ2) is 7.51. The maximum absolute atomic E-state index is 13.7. The SMILES string of the molecule is CNc1cc(-c2cn(C3CN(C)C3)c3ncccc23)nc2c(C(=O)NC3CC[C@H]3F)cnn12. The van der Waals surface area contributed by atoms with Crippen LogP contribution in [0.5, 0.6) is 0 Å². The molecule has 1 amide bonds. The highest BCUT2D eigenvalue weighted by atomic mass is 19.1. The summed E-state index contributed by atoms with van der Waals surface area (Å²) < 4.78 is 17.5. The summed E-state index contributed by atoms with van der Waals surface area (Å²) in [4.78, 5) is 24.6. The van der Waals surface area contributed by atoms with E-state index >= 15 is 0 Å². The van der Waals surface area contributed by atoms with E-state index in [0.29, 0.717) is 35.9 Å². The normalized spacial score (nSPS) is 21.2. The van der Waals surface area contributed by atoms with Crippen molar-refractivity contribution in [1.82, 2.24) is 34.4 Å². The van der Waals surface area contributed by atoms with Gasteiger partial charge in [0.25, 0.3) is 5.91 Å². The average Bonchev–Trinajstić information content (AvgIpc) is 3.40. The van der Waals surface area contributed by atoms with Crippen LogP contribution < -0.4 is 10.6 Å². The number of carbonyl (C=O) groups is 1. The molecule has 0 aromatic carbocycles. The number of likely N-dealkylation sites (N-methyl/N-ethyl adjacent to an activating group) is 1. The lowest BCUT2D eigenvalue weighted by Gasteiger charge is -2.37. The fraction of sp³-hybridized carbons (Fsp3) is 0.391. The molecule has 33 heavy (non-hydrogen) atoms. The van der Waals surface area contributed by atoms with Gasteiger partial charge in [-0.15, -0.1) is 0 Å². The van der Waals surface area contributed by atoms with Gasteiger partial charge in [0, 0.05) is 49.5 Å². The van der Waals surface area contributed by atoms with Crippen molar-refractivity contribution in [1.29, 1.82) is 0 Å². The minimum Gasteiger partial charge on any atom is -0.373 e. The molecule has 10 heteroatoms. The van der Waals surface area contributed by atoms with Crippen LogP contribution in [0.3, 0.4) is 0 Å². The Balaban J connectivity index is 1.46. The van der Waals surface area contributed by atoms with E-state index in [1.54, 1.807) is 17.8 Å². The lowest BCUT2D eigenvalue weighted by molar-refractivity contribution is 0.0826. The van der Waals surface area contributed by atoms with Crippen molar-refractivity contribution in [2.75, 3.05) is 32.5 Å². The monoisotopic (exact) mass is 448 g/mol. The zero-order valence-electron chi connectivity index (χ0n) is 18.5. The Kier molecular flexibility index (Phi) is 4.58. The quantitative estimate of drug-likeness (QED) is 0.488. The highest BCUT2D eigenvalue weighted by Gasteiger charge is 2.33. The fourth-order valence-corrected chi connectivity index (χ4v) is 4.71. The summed E-state index contributed by atoms with van der Waals surface area (Å²) in [6.45, 7) is 1.94. The number of rotatable bonds is 5. The average molecular weight is 449 g/mol. The first-order valence-electron chi connectivity index (χ1n) is 11.2. The number of aromatic nitrogens is 5. The topological polar surface area (TPSA) is 92.4 Å². The van der Waals surface area contributed by atoms with Gasteiger partial charge in [-0.25, -0.2) is 14.4 Å². The Hall–Kier alpha value is -3.53. The number of likely N-dealkylation sites (tertiary alicyclic amines) is 1. The summed E-state index contributed by atoms with van der Waals surface area (Å²) in [5.41, 5.74) is 3.34. The third-order valence-corrected chi connectivity index (χ3v) is 6.78. The number of hydrogen-bond acceptors (Lipinski definition) is 6. The third-order valence-electron chi connectivity index (χ3n) is 6.78. The third kappa shape index (κ3) is 3.16. The van der Waals surface area contributed by atoms with E-state index in [2.05, 4.69) is 43.4 Å². The second-order valence-electron chi connectivity index (χ2n) is 8.94. The molecular formula is C23H25FN8O. The molecule has 1 unspecified atom stereocenters. The largest absolute Gasteiger partial charge is 0.373 e. The number of fused-ring (bicyclic) bond motifs is 2. The van der Waals surface area contributed by atoms with Gasteiger partial charge in [-0.1, -0.05) is 0 Å². The number of carbonyl (C=O) groups excluding carboxylic acids is 1. The molecule has 170 valence electrons. The molecule has 2 fully saturated rings. The summed E-state index contributed by atoms with van der Waals surface area (Å²) in [7, 11) is 3.91. The Morgan fingerprint density at radius 1 is 1.24 bits per heavy atom. The molecule has 2 atom stereocenters. The van der Waals surface area contributed by atoms with Crippen LogP contribution in [0.15, 0.2) is 36.8 Å². The Labute approximate surface area is 189 Å². The van der Waals surface area contributed by atoms with Gasteiger partial charge in [0.2, 0.25) is 0 Å². The summed E-state index contributed by atoms with van der Waals surface area (Å²) in [5, 5.41) is 11.3. The van der Waals surface area contributed by atoms with Crippen LogP contribution in [-0.2, 0) is 0 Å². The van der Waals surface area contributed by atoms with Crippen molar-refractivity contribution in [3.8, 4) is 11.3 Å². The lowest BCUT2D eigenvalue weighted by atomic mass is 9.90. The van der Waals surface area contributed by atoms with Crippen molar-refractivity contribution in [2.45, 2.75) is 31.1 Å². The number of nitrogens with one attached hydrogen (secondary N) is 2. The maximum Gasteiger partial charge on any atom is 0.257 e. The zero-order valence-corrected chi connectivity index (χ0v) is 18.5. The number of amides is 1. The minimum atomic E-state index is -0.989. The number of halogens is 1. The predicted octanol–water partition coefficient (Wildman–Crippen LogP) is 2.50. The Bertz CT molecular complexity index is 1370. The fourth-order valence-electron chi connectivity index (χ4n) is 4.71. The molecule has 0 radical (unpaired) electrons. The van der Waals surface area contributed by atoms with Gasteiger partial charge in [0.05, 0.1) is 24.0 Å². The smallest absolute Gasteiger partial charge is 0.257 e. The first-order valence-corrected chi connectivity index (χ1v) is 11.2. The van der Waals surface area contributed by atoms with E-state index in [-0.39, 0.29) is 5.91 Å². The van der Waals surface area contributed by atoms with Crippen LogP contribution in [-0.4, -0.2) is 74.4 Å². The van der Waals surface area contributed by atoms with Gasteiger partial charge in [-0.3, -0.25) is 4.79 Å². The molecule has 1 saturated heterocycles. The molecule has 9 nitrogen and oxygen atoms in total. The number of pyridine rings is 1. The van der Waals surface area contributed by atoms with Crippen LogP contribution in [0.1, 0.15) is 29.2 Å². The molecule has 4 aromatic rings. The molecule has 5 heterocycles. The summed E-state index contributed by atoms with van der Waals surface area (Å²) >= 11 is 0. The number of hydrogen-bond donors (Lipinski definition) is 2. The predicted molar refractivity (Wildman–Crippen MR) is 123 cm³/mol. The molecule has 2 aliphatic rings. The zero-order chi connectivity index (χ0) is 22.7. The summed E-state index contributed by atoms with van der Waals surface area (Å²) in [6, 6.07) is 5.81. The lowest BCUT2D eigenvalue weighted by Crippen LogP contribution is -2.48. The highest BCUT2D eigenvalue weighted by Crippen LogP contribution is 2.34. The van der Waals surface area contributed by atoms with Gasteiger partial charge in [0.15, 0.2) is 5.65 Å². The van der Waals surface area contributed by atoms with Gasteiger partial charge in [-0.2, -0.15) is 9.61 Å². The van der Waals surface area contributed by atoms with Crippen LogP contribution in [0, 0.1) is 0 Å². The van der Waals surface area contributed by atoms with Crippen LogP contribution in [0.25, 0.3) is 27.9 Å². The molecule has 1 saturated carbocycles. The number of anilines is 1. The summed E-state index contributed by atoms with van der Waals surface area (Å²) in [5.74, 6) is 0.347. The maximum atomic E-state index is 13.7. The van der Waals surface area contributed by atoms with Crippen molar-refractivity contribution >= 4 is 28.4 Å². The van der Waals surface area contributed by atoms with Crippen LogP contribution >= 0.6 is 0 Å². The Morgan fingerprint density at radius 3 is 2.79 bits per heavy atom. The van der Waals surface area contributed by atoms with E-state index in [4.69, 9.17) is 4.98 Å². The van der Waals surface area contributed by atoms with Gasteiger partial charge in [-0.05, 0) is 32.0 Å². The van der Waals surface area contributed by atoms with Crippen molar-refractivity contribution in [3.05, 3.63) is 42.4 Å². The standard InChI is InChI=1S/C23H25FN8O/c1-25-20-8-19(16-12-31(13-10-30(2)11-13)21-14(16)4-3-7-26-21)28-22-15(9-27-32(20)22)23(33)29-18-6-5-17(18)24/h3-4,7-9,12-13,17-18,25H,5-6,10-11H2,1-2H3,(H,29,33)/t17-,18?/m1/s1. The highest BCUT2D eigenvalue weighted by molar-refractivity contribution is 6.01. The van der Waals surface area contributed by atoms with E-state index in [1.165, 1.54) is 6.20 Å². The van der Waals surface area contributed by atoms with Crippen molar-refractivity contribution in [3.63, 3.8) is 0 Å². The minimum absolute atomic E-state index is 0.329. The number of nitrogens with zero attached hydrogens (tertiary/aromatic N) is 6. The van der Waals surface area contributed by atoms with E-state index in [1.807, 2.05) is 18.2 Å². The molecular weight excluding hydrogens is 423 g/mol. The van der Waals surface area contributed by atoms with E-state index < -0.39 is 12.2 Å². The van der Waals surface area contributed by atoms with Gasteiger partial charge >= 0.3 is 0 Å². The molecule has 1 aliphatic carbocycles. The molecule has 2 N–H and O–H groups in total. The molecule has 4 aromatic heterocycles. The first kappa shape index (κ1) is 20.1. The van der Waals surface area contributed by atoms with Gasteiger partial charge in [0.1, 0.15) is 23.2 Å². The molecule has 0 spiro atoms.